The smallest absolute Gasteiger partial charge is 0.145 e. The summed E-state index contributed by atoms with van der Waals surface area (Å²) in [5.41, 5.74) is 14.2. The summed E-state index contributed by atoms with van der Waals surface area (Å²) in [5, 5.41) is 7.04. The summed E-state index contributed by atoms with van der Waals surface area (Å²) < 4.78 is 6.86. The van der Waals surface area contributed by atoms with E-state index in [1.165, 1.54) is 38.2 Å². The van der Waals surface area contributed by atoms with Gasteiger partial charge in [-0.25, -0.2) is 0 Å². The predicted molar refractivity (Wildman–Crippen MR) is 245 cm³/mol. The molecule has 0 spiro atoms. The highest BCUT2D eigenvalue weighted by Gasteiger charge is 2.23. The molecule has 272 valence electrons. The number of furan rings is 1. The van der Waals surface area contributed by atoms with Crippen LogP contribution in [0, 0.1) is 0 Å². The Balaban J connectivity index is 1.11. The summed E-state index contributed by atoms with van der Waals surface area (Å²) >= 11 is 0. The van der Waals surface area contributed by atoms with Crippen LogP contribution in [-0.4, -0.2) is 0 Å². The third-order valence-electron chi connectivity index (χ3n) is 11.4. The second-order valence-electron chi connectivity index (χ2n) is 14.9. The minimum atomic E-state index is 0.865. The van der Waals surface area contributed by atoms with E-state index in [1.807, 2.05) is 0 Å². The zero-order chi connectivity index (χ0) is 38.4. The minimum absolute atomic E-state index is 0.865. The molecule has 58 heavy (non-hydrogen) atoms. The van der Waals surface area contributed by atoms with Crippen molar-refractivity contribution in [3.05, 3.63) is 224 Å². The van der Waals surface area contributed by atoms with Crippen LogP contribution in [0.4, 0.5) is 17.1 Å². The van der Waals surface area contributed by atoms with Crippen molar-refractivity contribution in [2.24, 2.45) is 0 Å². The molecule has 11 aromatic rings. The van der Waals surface area contributed by atoms with E-state index in [0.29, 0.717) is 0 Å². The lowest BCUT2D eigenvalue weighted by atomic mass is 9.97. The Kier molecular flexibility index (Phi) is 8.19. The van der Waals surface area contributed by atoms with Gasteiger partial charge in [0.15, 0.2) is 0 Å². The molecule has 0 aliphatic carbocycles. The monoisotopic (exact) mass is 739 g/mol. The first-order valence-corrected chi connectivity index (χ1v) is 19.8. The van der Waals surface area contributed by atoms with Gasteiger partial charge in [0.25, 0.3) is 0 Å². The van der Waals surface area contributed by atoms with Crippen LogP contribution in [0.25, 0.3) is 88.0 Å². The Labute approximate surface area is 337 Å². The van der Waals surface area contributed by atoms with Crippen LogP contribution in [0.2, 0.25) is 0 Å². The van der Waals surface area contributed by atoms with E-state index in [4.69, 9.17) is 4.42 Å². The first-order chi connectivity index (χ1) is 28.7. The SMILES string of the molecule is c1ccc(-c2ccc(-c3cccc(N(c4cccc(-c5ccc6ccccc6c5)c4)c4ccc(-c5ccc6ccccc6c5)c5oc6ccccc6c45)c3)cc2)cc1. The molecular weight excluding hydrogens is 703 g/mol. The van der Waals surface area contributed by atoms with Gasteiger partial charge in [-0.05, 0) is 115 Å². The molecule has 0 N–H and O–H groups in total. The van der Waals surface area contributed by atoms with Crippen molar-refractivity contribution in [2.75, 3.05) is 4.90 Å². The summed E-state index contributed by atoms with van der Waals surface area (Å²) in [4.78, 5) is 2.40. The lowest BCUT2D eigenvalue weighted by molar-refractivity contribution is 0.670. The molecule has 0 saturated heterocycles. The third kappa shape index (κ3) is 6.00. The second kappa shape index (κ2) is 14.1. The fourth-order valence-electron chi connectivity index (χ4n) is 8.51. The van der Waals surface area contributed by atoms with Gasteiger partial charge in [-0.15, -0.1) is 0 Å². The Morgan fingerprint density at radius 2 is 0.793 bits per heavy atom. The maximum atomic E-state index is 6.86. The first-order valence-electron chi connectivity index (χ1n) is 19.8. The van der Waals surface area contributed by atoms with Crippen LogP contribution < -0.4 is 4.90 Å². The molecule has 11 rings (SSSR count). The average molecular weight is 740 g/mol. The Morgan fingerprint density at radius 1 is 0.310 bits per heavy atom. The van der Waals surface area contributed by atoms with Crippen molar-refractivity contribution in [1.29, 1.82) is 0 Å². The third-order valence-corrected chi connectivity index (χ3v) is 11.4. The van der Waals surface area contributed by atoms with Gasteiger partial charge < -0.3 is 9.32 Å². The molecule has 0 aliphatic rings. The standard InChI is InChI=1S/C56H37NO/c1-2-12-38(13-3-1)41-24-26-42(27-25-41)45-18-10-20-49(36-45)57(50-21-11-19-46(37-50)47-30-28-39-14-4-6-16-43(39)34-47)53-33-32-51(48-31-29-40-15-5-7-17-44(40)35-48)56-55(53)52-22-8-9-23-54(52)58-56/h1-37H. The van der Waals surface area contributed by atoms with Crippen LogP contribution in [-0.2, 0) is 0 Å². The van der Waals surface area contributed by atoms with Crippen molar-refractivity contribution in [3.63, 3.8) is 0 Å². The molecule has 0 saturated carbocycles. The predicted octanol–water partition coefficient (Wildman–Crippen LogP) is 16.0. The molecule has 0 atom stereocenters. The van der Waals surface area contributed by atoms with Gasteiger partial charge in [-0.1, -0.05) is 170 Å². The van der Waals surface area contributed by atoms with E-state index < -0.39 is 0 Å². The van der Waals surface area contributed by atoms with Crippen LogP contribution in [0.3, 0.4) is 0 Å². The zero-order valence-corrected chi connectivity index (χ0v) is 31.7. The highest BCUT2D eigenvalue weighted by atomic mass is 16.3. The van der Waals surface area contributed by atoms with Crippen molar-refractivity contribution in [2.45, 2.75) is 0 Å². The van der Waals surface area contributed by atoms with Crippen molar-refractivity contribution in [1.82, 2.24) is 0 Å². The van der Waals surface area contributed by atoms with E-state index in [0.717, 1.165) is 66.8 Å². The summed E-state index contributed by atoms with van der Waals surface area (Å²) in [6, 6.07) is 80.7. The van der Waals surface area contributed by atoms with Crippen LogP contribution in [0.5, 0.6) is 0 Å². The van der Waals surface area contributed by atoms with Gasteiger partial charge in [0, 0.05) is 22.3 Å². The number of benzene rings is 10. The molecule has 0 radical (unpaired) electrons. The lowest BCUT2D eigenvalue weighted by Crippen LogP contribution is -2.10. The van der Waals surface area contributed by atoms with Crippen molar-refractivity contribution in [3.8, 4) is 44.5 Å². The molecule has 2 nitrogen and oxygen atoms in total. The summed E-state index contributed by atoms with van der Waals surface area (Å²) in [6.45, 7) is 0. The summed E-state index contributed by atoms with van der Waals surface area (Å²) in [7, 11) is 0. The maximum Gasteiger partial charge on any atom is 0.145 e. The van der Waals surface area contributed by atoms with Gasteiger partial charge in [0.1, 0.15) is 11.2 Å². The quantitative estimate of drug-likeness (QED) is 0.162. The van der Waals surface area contributed by atoms with Crippen LogP contribution in [0.15, 0.2) is 229 Å². The highest BCUT2D eigenvalue weighted by molar-refractivity contribution is 6.17. The normalized spacial score (nSPS) is 11.4. The first kappa shape index (κ1) is 33.6. The number of hydrogen-bond donors (Lipinski definition) is 0. The number of hydrogen-bond acceptors (Lipinski definition) is 2. The fourth-order valence-corrected chi connectivity index (χ4v) is 8.51. The molecule has 0 bridgehead atoms. The van der Waals surface area contributed by atoms with E-state index in [1.54, 1.807) is 0 Å². The molecule has 1 aromatic heterocycles. The molecule has 0 amide bonds. The minimum Gasteiger partial charge on any atom is -0.455 e. The summed E-state index contributed by atoms with van der Waals surface area (Å²) in [5.74, 6) is 0. The molecular formula is C56H37NO. The molecule has 0 unspecified atom stereocenters. The van der Waals surface area contributed by atoms with Gasteiger partial charge in [-0.3, -0.25) is 0 Å². The van der Waals surface area contributed by atoms with Gasteiger partial charge >= 0.3 is 0 Å². The van der Waals surface area contributed by atoms with Crippen molar-refractivity contribution >= 4 is 60.5 Å². The topological polar surface area (TPSA) is 16.4 Å². The zero-order valence-electron chi connectivity index (χ0n) is 31.7. The second-order valence-corrected chi connectivity index (χ2v) is 14.9. The fraction of sp³-hybridized carbons (Fsp3) is 0. The lowest BCUT2D eigenvalue weighted by Gasteiger charge is -2.27. The highest BCUT2D eigenvalue weighted by Crippen LogP contribution is 2.47. The number of anilines is 3. The van der Waals surface area contributed by atoms with Gasteiger partial charge in [0.2, 0.25) is 0 Å². The van der Waals surface area contributed by atoms with Crippen LogP contribution in [0.1, 0.15) is 0 Å². The molecule has 0 fully saturated rings. The van der Waals surface area contributed by atoms with Gasteiger partial charge in [0.05, 0.1) is 11.1 Å². The van der Waals surface area contributed by atoms with E-state index >= 15 is 0 Å². The molecule has 0 aliphatic heterocycles. The maximum absolute atomic E-state index is 6.86. The Morgan fingerprint density at radius 3 is 1.48 bits per heavy atom. The average Bonchev–Trinajstić information content (AvgIpc) is 3.69. The van der Waals surface area contributed by atoms with E-state index in [-0.39, 0.29) is 0 Å². The van der Waals surface area contributed by atoms with Gasteiger partial charge in [-0.2, -0.15) is 0 Å². The number of rotatable bonds is 7. The Bertz CT molecular complexity index is 3290. The number of para-hydroxylation sites is 1. The van der Waals surface area contributed by atoms with E-state index in [2.05, 4.69) is 229 Å². The number of nitrogens with zero attached hydrogens (tertiary/aromatic N) is 1. The molecule has 2 heteroatoms. The number of fused-ring (bicyclic) bond motifs is 5. The van der Waals surface area contributed by atoms with E-state index in [9.17, 15) is 0 Å². The molecule has 1 heterocycles. The van der Waals surface area contributed by atoms with Crippen LogP contribution >= 0.6 is 0 Å². The molecule has 10 aromatic carbocycles. The Hall–Kier alpha value is -7.68. The summed E-state index contributed by atoms with van der Waals surface area (Å²) in [6.07, 6.45) is 0. The van der Waals surface area contributed by atoms with Crippen molar-refractivity contribution < 1.29 is 4.42 Å². The largest absolute Gasteiger partial charge is 0.455 e.